The van der Waals surface area contributed by atoms with Crippen LogP contribution < -0.4 is 5.32 Å². The van der Waals surface area contributed by atoms with E-state index >= 15 is 0 Å². The molecule has 0 saturated carbocycles. The summed E-state index contributed by atoms with van der Waals surface area (Å²) in [6, 6.07) is -0.717. The van der Waals surface area contributed by atoms with Gasteiger partial charge in [-0.3, -0.25) is 4.79 Å². The standard InChI is InChI=1S/C45H85NO8/c1-3-5-7-9-11-13-15-16-17-18-19-20-21-22-23-24-25-27-29-31-33-35-41(49)46-38(37-53-45-44(52)43(51)42(50)40(36-47)54-45)39(48)34-32-30-28-26-14-12-10-8-6-4-2/h15-16,18-19,38-40,42-45,47-48,50-52H,3-14,17,20-37H2,1-2H3,(H,46,49)/b16-15-,19-18-. The summed E-state index contributed by atoms with van der Waals surface area (Å²) >= 11 is 0. The van der Waals surface area contributed by atoms with Crippen LogP contribution in [0.25, 0.3) is 0 Å². The number of carbonyl (C=O) groups excluding carboxylic acids is 1. The molecule has 6 N–H and O–H groups in total. The van der Waals surface area contributed by atoms with Crippen molar-refractivity contribution in [3.05, 3.63) is 24.3 Å². The molecule has 9 heteroatoms. The first kappa shape index (κ1) is 50.7. The highest BCUT2D eigenvalue weighted by atomic mass is 16.7. The fourth-order valence-corrected chi connectivity index (χ4v) is 7.13. The zero-order chi connectivity index (χ0) is 39.5. The van der Waals surface area contributed by atoms with Gasteiger partial charge < -0.3 is 40.3 Å². The van der Waals surface area contributed by atoms with Crippen LogP contribution in [0.2, 0.25) is 0 Å². The first-order chi connectivity index (χ1) is 26.3. The highest BCUT2D eigenvalue weighted by Gasteiger charge is 2.44. The van der Waals surface area contributed by atoms with Gasteiger partial charge in [-0.2, -0.15) is 0 Å². The molecule has 1 amide bonds. The number of amides is 1. The number of nitrogens with one attached hydrogen (secondary N) is 1. The lowest BCUT2D eigenvalue weighted by Crippen LogP contribution is -2.60. The van der Waals surface area contributed by atoms with Gasteiger partial charge in [-0.25, -0.2) is 0 Å². The first-order valence-electron chi connectivity index (χ1n) is 22.5. The molecule has 0 aliphatic carbocycles. The average Bonchev–Trinajstić information content (AvgIpc) is 3.17. The van der Waals surface area contributed by atoms with Crippen molar-refractivity contribution in [1.29, 1.82) is 0 Å². The Kier molecular flexibility index (Phi) is 33.8. The lowest BCUT2D eigenvalue weighted by Gasteiger charge is -2.40. The molecule has 0 radical (unpaired) electrons. The fourth-order valence-electron chi connectivity index (χ4n) is 7.13. The minimum atomic E-state index is -1.55. The molecule has 1 heterocycles. The number of allylic oxidation sites excluding steroid dienone is 4. The molecule has 1 aliphatic rings. The monoisotopic (exact) mass is 768 g/mol. The maximum atomic E-state index is 12.9. The lowest BCUT2D eigenvalue weighted by molar-refractivity contribution is -0.302. The van der Waals surface area contributed by atoms with E-state index in [1.807, 2.05) is 0 Å². The number of aliphatic hydroxyl groups excluding tert-OH is 5. The minimum absolute atomic E-state index is 0.139. The molecule has 0 aromatic heterocycles. The van der Waals surface area contributed by atoms with Gasteiger partial charge in [0, 0.05) is 6.42 Å². The van der Waals surface area contributed by atoms with Crippen LogP contribution in [0.15, 0.2) is 24.3 Å². The number of unbranched alkanes of at least 4 members (excludes halogenated alkanes) is 23. The van der Waals surface area contributed by atoms with Gasteiger partial charge in [-0.15, -0.1) is 0 Å². The van der Waals surface area contributed by atoms with Gasteiger partial charge in [0.1, 0.15) is 24.4 Å². The Hall–Kier alpha value is -1.33. The Morgan fingerprint density at radius 2 is 1.09 bits per heavy atom. The number of rotatable bonds is 37. The zero-order valence-corrected chi connectivity index (χ0v) is 34.7. The van der Waals surface area contributed by atoms with E-state index in [0.29, 0.717) is 12.8 Å². The van der Waals surface area contributed by atoms with Crippen LogP contribution in [0.4, 0.5) is 0 Å². The third-order valence-electron chi connectivity index (χ3n) is 10.8. The van der Waals surface area contributed by atoms with Crippen molar-refractivity contribution in [1.82, 2.24) is 5.32 Å². The summed E-state index contributed by atoms with van der Waals surface area (Å²) in [5.41, 5.74) is 0. The molecule has 7 atom stereocenters. The van der Waals surface area contributed by atoms with Crippen LogP contribution in [0.1, 0.15) is 200 Å². The molecule has 318 valence electrons. The Morgan fingerprint density at radius 3 is 1.59 bits per heavy atom. The second kappa shape index (κ2) is 36.0. The van der Waals surface area contributed by atoms with E-state index in [4.69, 9.17) is 9.47 Å². The highest BCUT2D eigenvalue weighted by Crippen LogP contribution is 2.23. The molecule has 0 aromatic rings. The van der Waals surface area contributed by atoms with Crippen LogP contribution >= 0.6 is 0 Å². The van der Waals surface area contributed by atoms with Crippen molar-refractivity contribution in [2.45, 2.75) is 243 Å². The number of carbonyl (C=O) groups is 1. The Morgan fingerprint density at radius 1 is 0.630 bits per heavy atom. The number of ether oxygens (including phenoxy) is 2. The predicted molar refractivity (Wildman–Crippen MR) is 221 cm³/mol. The predicted octanol–water partition coefficient (Wildman–Crippen LogP) is 9.11. The van der Waals surface area contributed by atoms with Crippen molar-refractivity contribution >= 4 is 5.91 Å². The van der Waals surface area contributed by atoms with Gasteiger partial charge >= 0.3 is 0 Å². The van der Waals surface area contributed by atoms with Gasteiger partial charge in [-0.05, 0) is 44.9 Å². The molecule has 7 unspecified atom stereocenters. The smallest absolute Gasteiger partial charge is 0.220 e. The van der Waals surface area contributed by atoms with E-state index in [-0.39, 0.29) is 12.5 Å². The summed E-state index contributed by atoms with van der Waals surface area (Å²) in [6.07, 6.45) is 34.7. The number of aliphatic hydroxyl groups is 5. The van der Waals surface area contributed by atoms with Crippen LogP contribution in [0.5, 0.6) is 0 Å². The third-order valence-corrected chi connectivity index (χ3v) is 10.8. The normalized spacial score (nSPS) is 21.6. The van der Waals surface area contributed by atoms with E-state index in [9.17, 15) is 30.3 Å². The van der Waals surface area contributed by atoms with Crippen LogP contribution in [0, 0.1) is 0 Å². The van der Waals surface area contributed by atoms with Crippen molar-refractivity contribution < 1.29 is 39.8 Å². The van der Waals surface area contributed by atoms with Crippen molar-refractivity contribution in [2.75, 3.05) is 13.2 Å². The molecule has 0 bridgehead atoms. The summed E-state index contributed by atoms with van der Waals surface area (Å²) in [6.45, 7) is 3.80. The fraction of sp³-hybridized carbons (Fsp3) is 0.889. The molecular weight excluding hydrogens is 682 g/mol. The summed E-state index contributed by atoms with van der Waals surface area (Å²) in [4.78, 5) is 12.9. The Bertz CT molecular complexity index is 899. The van der Waals surface area contributed by atoms with Crippen LogP contribution in [0.3, 0.4) is 0 Å². The van der Waals surface area contributed by atoms with Crippen molar-refractivity contribution in [3.8, 4) is 0 Å². The maximum Gasteiger partial charge on any atom is 0.220 e. The van der Waals surface area contributed by atoms with E-state index in [1.165, 1.54) is 128 Å². The molecular formula is C45H85NO8. The lowest BCUT2D eigenvalue weighted by atomic mass is 9.99. The number of hydrogen-bond acceptors (Lipinski definition) is 8. The molecule has 54 heavy (non-hydrogen) atoms. The van der Waals surface area contributed by atoms with Gasteiger partial charge in [0.05, 0.1) is 25.4 Å². The summed E-state index contributed by atoms with van der Waals surface area (Å²) in [7, 11) is 0. The van der Waals surface area contributed by atoms with E-state index in [0.717, 1.165) is 44.9 Å². The molecule has 1 saturated heterocycles. The van der Waals surface area contributed by atoms with E-state index in [2.05, 4.69) is 43.5 Å². The summed E-state index contributed by atoms with van der Waals surface area (Å²) in [5, 5.41) is 54.2. The molecule has 0 spiro atoms. The Labute approximate surface area is 330 Å². The number of hydrogen-bond donors (Lipinski definition) is 6. The Balaban J connectivity index is 2.28. The van der Waals surface area contributed by atoms with Gasteiger partial charge in [-0.1, -0.05) is 173 Å². The topological polar surface area (TPSA) is 149 Å². The summed E-state index contributed by atoms with van der Waals surface area (Å²) in [5.74, 6) is -0.151. The van der Waals surface area contributed by atoms with E-state index in [1.54, 1.807) is 0 Å². The highest BCUT2D eigenvalue weighted by molar-refractivity contribution is 5.76. The second-order valence-electron chi connectivity index (χ2n) is 15.8. The molecule has 9 nitrogen and oxygen atoms in total. The summed E-state index contributed by atoms with van der Waals surface area (Å²) < 4.78 is 11.2. The molecule has 1 aliphatic heterocycles. The minimum Gasteiger partial charge on any atom is -0.394 e. The maximum absolute atomic E-state index is 12.9. The van der Waals surface area contributed by atoms with Crippen molar-refractivity contribution in [3.63, 3.8) is 0 Å². The van der Waals surface area contributed by atoms with Crippen LogP contribution in [-0.4, -0.2) is 87.5 Å². The largest absolute Gasteiger partial charge is 0.394 e. The van der Waals surface area contributed by atoms with Gasteiger partial charge in [0.15, 0.2) is 6.29 Å². The molecule has 0 aromatic carbocycles. The molecule has 1 rings (SSSR count). The van der Waals surface area contributed by atoms with E-state index < -0.39 is 49.5 Å². The second-order valence-corrected chi connectivity index (χ2v) is 15.8. The van der Waals surface area contributed by atoms with Gasteiger partial charge in [0.2, 0.25) is 5.91 Å². The molecule has 1 fully saturated rings. The zero-order valence-electron chi connectivity index (χ0n) is 34.7. The van der Waals surface area contributed by atoms with Crippen molar-refractivity contribution in [2.24, 2.45) is 0 Å². The van der Waals surface area contributed by atoms with Crippen LogP contribution in [-0.2, 0) is 14.3 Å². The first-order valence-corrected chi connectivity index (χ1v) is 22.5. The SMILES string of the molecule is CCCCCCC/C=C\C/C=C\CCCCCCCCCCCC(=O)NC(COC1OC(CO)C(O)C(O)C1O)C(O)CCCCCCCCCCCC. The third kappa shape index (κ3) is 26.5. The quantitative estimate of drug-likeness (QED) is 0.0271. The average molecular weight is 768 g/mol. The van der Waals surface area contributed by atoms with Gasteiger partial charge in [0.25, 0.3) is 0 Å².